The molecular formula is C16H27NO3S. The van der Waals surface area contributed by atoms with Crippen LogP contribution in [-0.2, 0) is 15.4 Å². The molecule has 0 aromatic heterocycles. The smallest absolute Gasteiger partial charge is 0.175 e. The molecule has 1 aromatic rings. The average Bonchev–Trinajstić information content (AvgIpc) is 2.35. The van der Waals surface area contributed by atoms with Gasteiger partial charge in [0.05, 0.1) is 10.5 Å². The standard InChI is InChI=1S/C16H27NO3S/c1-13(2)10-11-17(4)12-16(3,18)14-6-8-15(9-7-14)21(5,19)20/h6-9,13,18H,10-12H2,1-5H3. The zero-order valence-electron chi connectivity index (χ0n) is 13.6. The number of hydrogen-bond acceptors (Lipinski definition) is 4. The number of benzene rings is 1. The summed E-state index contributed by atoms with van der Waals surface area (Å²) in [6.07, 6.45) is 2.26. The van der Waals surface area contributed by atoms with Crippen molar-refractivity contribution in [2.75, 3.05) is 26.4 Å². The second kappa shape index (κ2) is 6.90. The van der Waals surface area contributed by atoms with Crippen molar-refractivity contribution in [1.82, 2.24) is 4.90 Å². The zero-order valence-corrected chi connectivity index (χ0v) is 14.4. The Morgan fingerprint density at radius 1 is 1.24 bits per heavy atom. The van der Waals surface area contributed by atoms with E-state index >= 15 is 0 Å². The van der Waals surface area contributed by atoms with Gasteiger partial charge in [0.15, 0.2) is 9.84 Å². The number of sulfone groups is 1. The Kier molecular flexibility index (Phi) is 5.96. The third-order valence-corrected chi connectivity index (χ3v) is 4.70. The summed E-state index contributed by atoms with van der Waals surface area (Å²) >= 11 is 0. The lowest BCUT2D eigenvalue weighted by Crippen LogP contribution is -2.37. The first-order valence-electron chi connectivity index (χ1n) is 7.24. The van der Waals surface area contributed by atoms with Crippen molar-refractivity contribution in [3.05, 3.63) is 29.8 Å². The lowest BCUT2D eigenvalue weighted by Gasteiger charge is -2.30. The van der Waals surface area contributed by atoms with Crippen molar-refractivity contribution < 1.29 is 13.5 Å². The van der Waals surface area contributed by atoms with Crippen LogP contribution in [-0.4, -0.2) is 44.8 Å². The molecule has 0 bridgehead atoms. The van der Waals surface area contributed by atoms with Gasteiger partial charge in [0.1, 0.15) is 0 Å². The predicted octanol–water partition coefficient (Wildman–Crippen LogP) is 2.28. The number of rotatable bonds is 7. The molecule has 0 heterocycles. The van der Waals surface area contributed by atoms with Gasteiger partial charge < -0.3 is 10.0 Å². The van der Waals surface area contributed by atoms with E-state index in [1.54, 1.807) is 31.2 Å². The van der Waals surface area contributed by atoms with Gasteiger partial charge in [0, 0.05) is 12.8 Å². The van der Waals surface area contributed by atoms with Crippen LogP contribution in [0.25, 0.3) is 0 Å². The Morgan fingerprint density at radius 2 is 1.76 bits per heavy atom. The number of likely N-dealkylation sites (N-methyl/N-ethyl adjacent to an activating group) is 1. The van der Waals surface area contributed by atoms with Crippen LogP contribution in [0.3, 0.4) is 0 Å². The van der Waals surface area contributed by atoms with Gasteiger partial charge in [0.2, 0.25) is 0 Å². The van der Waals surface area contributed by atoms with Crippen LogP contribution in [0.15, 0.2) is 29.2 Å². The first-order valence-corrected chi connectivity index (χ1v) is 9.13. The molecule has 5 heteroatoms. The fourth-order valence-electron chi connectivity index (χ4n) is 2.24. The van der Waals surface area contributed by atoms with E-state index in [-0.39, 0.29) is 4.90 Å². The van der Waals surface area contributed by atoms with Crippen LogP contribution in [0.1, 0.15) is 32.8 Å². The van der Waals surface area contributed by atoms with Gasteiger partial charge in [-0.25, -0.2) is 8.42 Å². The van der Waals surface area contributed by atoms with E-state index in [1.165, 1.54) is 6.26 Å². The molecule has 0 saturated heterocycles. The van der Waals surface area contributed by atoms with Crippen molar-refractivity contribution in [1.29, 1.82) is 0 Å². The number of nitrogens with zero attached hydrogens (tertiary/aromatic N) is 1. The van der Waals surface area contributed by atoms with E-state index < -0.39 is 15.4 Å². The average molecular weight is 313 g/mol. The monoisotopic (exact) mass is 313 g/mol. The van der Waals surface area contributed by atoms with E-state index in [1.807, 2.05) is 7.05 Å². The van der Waals surface area contributed by atoms with Crippen LogP contribution in [0.2, 0.25) is 0 Å². The predicted molar refractivity (Wildman–Crippen MR) is 86.1 cm³/mol. The van der Waals surface area contributed by atoms with E-state index in [0.717, 1.165) is 18.5 Å². The first-order chi connectivity index (χ1) is 9.52. The normalized spacial score (nSPS) is 15.4. The Hall–Kier alpha value is -0.910. The van der Waals surface area contributed by atoms with Crippen LogP contribution in [0, 0.1) is 5.92 Å². The zero-order chi connectivity index (χ0) is 16.3. The third kappa shape index (κ3) is 5.77. The van der Waals surface area contributed by atoms with Crippen LogP contribution in [0.5, 0.6) is 0 Å². The lowest BCUT2D eigenvalue weighted by molar-refractivity contribution is 0.0224. The Bertz CT molecular complexity index is 547. The molecule has 1 N–H and O–H groups in total. The summed E-state index contributed by atoms with van der Waals surface area (Å²) in [6.45, 7) is 7.55. The molecule has 120 valence electrons. The van der Waals surface area contributed by atoms with Gasteiger partial charge in [-0.15, -0.1) is 0 Å². The molecule has 21 heavy (non-hydrogen) atoms. The largest absolute Gasteiger partial charge is 0.384 e. The molecule has 0 fully saturated rings. The van der Waals surface area contributed by atoms with Gasteiger partial charge in [-0.3, -0.25) is 0 Å². The highest BCUT2D eigenvalue weighted by molar-refractivity contribution is 7.90. The molecular weight excluding hydrogens is 286 g/mol. The van der Waals surface area contributed by atoms with Crippen LogP contribution >= 0.6 is 0 Å². The number of hydrogen-bond donors (Lipinski definition) is 1. The highest BCUT2D eigenvalue weighted by Gasteiger charge is 2.25. The summed E-state index contributed by atoms with van der Waals surface area (Å²) < 4.78 is 22.9. The molecule has 4 nitrogen and oxygen atoms in total. The first kappa shape index (κ1) is 18.1. The maximum atomic E-state index is 11.4. The van der Waals surface area contributed by atoms with Crippen LogP contribution < -0.4 is 0 Å². The van der Waals surface area contributed by atoms with E-state index in [9.17, 15) is 13.5 Å². The molecule has 1 aromatic carbocycles. The fraction of sp³-hybridized carbons (Fsp3) is 0.625. The van der Waals surface area contributed by atoms with Crippen molar-refractivity contribution in [3.8, 4) is 0 Å². The van der Waals surface area contributed by atoms with E-state index in [2.05, 4.69) is 18.7 Å². The third-order valence-electron chi connectivity index (χ3n) is 3.57. The van der Waals surface area contributed by atoms with Crippen molar-refractivity contribution in [2.45, 2.75) is 37.7 Å². The molecule has 1 unspecified atom stereocenters. The van der Waals surface area contributed by atoms with Crippen molar-refractivity contribution in [2.24, 2.45) is 5.92 Å². The minimum absolute atomic E-state index is 0.273. The lowest BCUT2D eigenvalue weighted by atomic mass is 9.95. The van der Waals surface area contributed by atoms with E-state index in [0.29, 0.717) is 12.5 Å². The molecule has 0 aliphatic rings. The highest BCUT2D eigenvalue weighted by Crippen LogP contribution is 2.23. The minimum atomic E-state index is -3.20. The summed E-state index contributed by atoms with van der Waals surface area (Å²) in [7, 11) is -1.21. The maximum absolute atomic E-state index is 11.4. The SMILES string of the molecule is CC(C)CCN(C)CC(C)(O)c1ccc(S(C)(=O)=O)cc1. The van der Waals surface area contributed by atoms with Gasteiger partial charge in [-0.2, -0.15) is 0 Å². The molecule has 0 radical (unpaired) electrons. The summed E-state index contributed by atoms with van der Waals surface area (Å²) in [6, 6.07) is 6.47. The molecule has 0 amide bonds. The van der Waals surface area contributed by atoms with Crippen molar-refractivity contribution in [3.63, 3.8) is 0 Å². The Balaban J connectivity index is 2.78. The Morgan fingerprint density at radius 3 is 2.19 bits per heavy atom. The molecule has 0 spiro atoms. The molecule has 0 aliphatic heterocycles. The summed E-state index contributed by atoms with van der Waals surface area (Å²) in [5, 5.41) is 10.6. The fourth-order valence-corrected chi connectivity index (χ4v) is 2.87. The topological polar surface area (TPSA) is 57.6 Å². The van der Waals surface area contributed by atoms with E-state index in [4.69, 9.17) is 0 Å². The molecule has 0 saturated carbocycles. The number of aliphatic hydroxyl groups is 1. The van der Waals surface area contributed by atoms with Gasteiger partial charge in [0.25, 0.3) is 0 Å². The molecule has 1 rings (SSSR count). The maximum Gasteiger partial charge on any atom is 0.175 e. The summed E-state index contributed by atoms with van der Waals surface area (Å²) in [5.41, 5.74) is -0.270. The molecule has 0 aliphatic carbocycles. The van der Waals surface area contributed by atoms with Crippen LogP contribution in [0.4, 0.5) is 0 Å². The minimum Gasteiger partial charge on any atom is -0.384 e. The highest BCUT2D eigenvalue weighted by atomic mass is 32.2. The summed E-state index contributed by atoms with van der Waals surface area (Å²) in [4.78, 5) is 2.38. The summed E-state index contributed by atoms with van der Waals surface area (Å²) in [5.74, 6) is 0.631. The van der Waals surface area contributed by atoms with Gasteiger partial charge in [-0.05, 0) is 50.6 Å². The second-order valence-electron chi connectivity index (χ2n) is 6.49. The molecule has 1 atom stereocenters. The van der Waals surface area contributed by atoms with Gasteiger partial charge in [-0.1, -0.05) is 26.0 Å². The van der Waals surface area contributed by atoms with Crippen molar-refractivity contribution >= 4 is 9.84 Å². The quantitative estimate of drug-likeness (QED) is 0.839. The Labute approximate surface area is 128 Å². The van der Waals surface area contributed by atoms with Gasteiger partial charge >= 0.3 is 0 Å². The second-order valence-corrected chi connectivity index (χ2v) is 8.51.